The first-order valence-electron chi connectivity index (χ1n) is 6.06. The predicted octanol–water partition coefficient (Wildman–Crippen LogP) is 3.13. The van der Waals surface area contributed by atoms with Crippen LogP contribution in [0.1, 0.15) is 25.4 Å². The highest BCUT2D eigenvalue weighted by Crippen LogP contribution is 2.31. The zero-order valence-corrected chi connectivity index (χ0v) is 11.0. The van der Waals surface area contributed by atoms with Crippen LogP contribution in [0.15, 0.2) is 6.07 Å². The SMILES string of the molecule is CCN(CC)c1nc(C(F)(F)F)nc2[nH]c(C)cc12. The molecule has 0 bridgehead atoms. The van der Waals surface area contributed by atoms with Gasteiger partial charge in [0.15, 0.2) is 0 Å². The van der Waals surface area contributed by atoms with Gasteiger partial charge in [-0.2, -0.15) is 13.2 Å². The van der Waals surface area contributed by atoms with E-state index in [0.29, 0.717) is 24.3 Å². The summed E-state index contributed by atoms with van der Waals surface area (Å²) in [6.07, 6.45) is -4.55. The molecule has 0 unspecified atom stereocenters. The largest absolute Gasteiger partial charge is 0.451 e. The lowest BCUT2D eigenvalue weighted by Gasteiger charge is -2.21. The zero-order chi connectivity index (χ0) is 14.2. The molecule has 0 radical (unpaired) electrons. The highest BCUT2D eigenvalue weighted by atomic mass is 19.4. The summed E-state index contributed by atoms with van der Waals surface area (Å²) in [5.74, 6) is -0.782. The second-order valence-electron chi connectivity index (χ2n) is 4.26. The molecular formula is C12H15F3N4. The molecule has 0 aliphatic heterocycles. The first-order valence-corrected chi connectivity index (χ1v) is 6.06. The summed E-state index contributed by atoms with van der Waals surface area (Å²) < 4.78 is 38.4. The molecule has 0 amide bonds. The van der Waals surface area contributed by atoms with Gasteiger partial charge < -0.3 is 9.88 Å². The number of H-pyrrole nitrogens is 1. The molecule has 0 aromatic carbocycles. The van der Waals surface area contributed by atoms with Gasteiger partial charge in [0.05, 0.1) is 5.39 Å². The Hall–Kier alpha value is -1.79. The monoisotopic (exact) mass is 272 g/mol. The molecule has 0 atom stereocenters. The lowest BCUT2D eigenvalue weighted by Crippen LogP contribution is -2.25. The summed E-state index contributed by atoms with van der Waals surface area (Å²) >= 11 is 0. The van der Waals surface area contributed by atoms with Crippen molar-refractivity contribution in [2.45, 2.75) is 26.9 Å². The Morgan fingerprint density at radius 2 is 1.84 bits per heavy atom. The number of aromatic amines is 1. The van der Waals surface area contributed by atoms with Crippen LogP contribution in [-0.4, -0.2) is 28.0 Å². The first-order chi connectivity index (χ1) is 8.86. The number of nitrogens with one attached hydrogen (secondary N) is 1. The third-order valence-electron chi connectivity index (χ3n) is 2.92. The number of hydrogen-bond acceptors (Lipinski definition) is 3. The highest BCUT2D eigenvalue weighted by Gasteiger charge is 2.36. The maximum Gasteiger partial charge on any atom is 0.451 e. The molecule has 2 aromatic heterocycles. The highest BCUT2D eigenvalue weighted by molar-refractivity contribution is 5.88. The van der Waals surface area contributed by atoms with Gasteiger partial charge >= 0.3 is 6.18 Å². The molecule has 0 saturated heterocycles. The van der Waals surface area contributed by atoms with Gasteiger partial charge in [-0.3, -0.25) is 0 Å². The second-order valence-corrected chi connectivity index (χ2v) is 4.26. The van der Waals surface area contributed by atoms with Crippen LogP contribution in [-0.2, 0) is 6.18 Å². The Balaban J connectivity index is 2.71. The fraction of sp³-hybridized carbons (Fsp3) is 0.500. The molecule has 0 spiro atoms. The van der Waals surface area contributed by atoms with Crippen LogP contribution in [0.25, 0.3) is 11.0 Å². The van der Waals surface area contributed by atoms with E-state index in [1.807, 2.05) is 13.8 Å². The molecule has 1 N–H and O–H groups in total. The minimum atomic E-state index is -4.55. The number of anilines is 1. The standard InChI is InChI=1S/C12H15F3N4/c1-4-19(5-2)10-8-6-7(3)16-9(8)17-11(18-10)12(13,14)15/h6H,4-5H2,1-3H3,(H,16,17,18). The minimum absolute atomic E-state index is 0.224. The zero-order valence-electron chi connectivity index (χ0n) is 11.0. The van der Waals surface area contributed by atoms with Crippen LogP contribution in [0.4, 0.5) is 19.0 Å². The van der Waals surface area contributed by atoms with Gasteiger partial charge in [0.2, 0.25) is 5.82 Å². The Kier molecular flexibility index (Phi) is 3.38. The van der Waals surface area contributed by atoms with Crippen LogP contribution in [0.2, 0.25) is 0 Å². The lowest BCUT2D eigenvalue weighted by atomic mass is 10.3. The van der Waals surface area contributed by atoms with Gasteiger partial charge in [-0.05, 0) is 26.8 Å². The fourth-order valence-corrected chi connectivity index (χ4v) is 2.02. The molecule has 0 aliphatic rings. The summed E-state index contributed by atoms with van der Waals surface area (Å²) in [5.41, 5.74) is 0.985. The third-order valence-corrected chi connectivity index (χ3v) is 2.92. The van der Waals surface area contributed by atoms with Gasteiger partial charge in [-0.15, -0.1) is 0 Å². The van der Waals surface area contributed by atoms with E-state index in [2.05, 4.69) is 15.0 Å². The van der Waals surface area contributed by atoms with Crippen LogP contribution in [0, 0.1) is 6.92 Å². The van der Waals surface area contributed by atoms with E-state index in [1.165, 1.54) is 0 Å². The summed E-state index contributed by atoms with van der Waals surface area (Å²) in [6, 6.07) is 1.77. The maximum absolute atomic E-state index is 12.8. The lowest BCUT2D eigenvalue weighted by molar-refractivity contribution is -0.144. The minimum Gasteiger partial charge on any atom is -0.356 e. The summed E-state index contributed by atoms with van der Waals surface area (Å²) in [6.45, 7) is 6.71. The van der Waals surface area contributed by atoms with Gasteiger partial charge in [0.25, 0.3) is 0 Å². The van der Waals surface area contributed by atoms with E-state index in [4.69, 9.17) is 0 Å². The van der Waals surface area contributed by atoms with Crippen molar-refractivity contribution in [1.29, 1.82) is 0 Å². The molecule has 7 heteroatoms. The quantitative estimate of drug-likeness (QED) is 0.933. The van der Waals surface area contributed by atoms with E-state index in [9.17, 15) is 13.2 Å². The van der Waals surface area contributed by atoms with Crippen LogP contribution >= 0.6 is 0 Å². The third kappa shape index (κ3) is 2.50. The molecule has 104 valence electrons. The Morgan fingerprint density at radius 3 is 2.37 bits per heavy atom. The Morgan fingerprint density at radius 1 is 1.21 bits per heavy atom. The van der Waals surface area contributed by atoms with E-state index < -0.39 is 12.0 Å². The second kappa shape index (κ2) is 4.71. The number of alkyl halides is 3. The van der Waals surface area contributed by atoms with Gasteiger partial charge in [-0.1, -0.05) is 0 Å². The van der Waals surface area contributed by atoms with Crippen molar-refractivity contribution in [3.63, 3.8) is 0 Å². The molecule has 2 aromatic rings. The van der Waals surface area contributed by atoms with Gasteiger partial charge in [-0.25, -0.2) is 9.97 Å². The average molecular weight is 272 g/mol. The van der Waals surface area contributed by atoms with Crippen molar-refractivity contribution in [2.75, 3.05) is 18.0 Å². The number of aryl methyl sites for hydroxylation is 1. The molecule has 4 nitrogen and oxygen atoms in total. The normalized spacial score (nSPS) is 12.1. The van der Waals surface area contributed by atoms with Crippen LogP contribution < -0.4 is 4.90 Å². The first kappa shape index (κ1) is 13.6. The van der Waals surface area contributed by atoms with E-state index in [1.54, 1.807) is 17.9 Å². The number of fused-ring (bicyclic) bond motifs is 1. The average Bonchev–Trinajstić information content (AvgIpc) is 2.69. The summed E-state index contributed by atoms with van der Waals surface area (Å²) in [4.78, 5) is 11.9. The summed E-state index contributed by atoms with van der Waals surface area (Å²) in [5, 5.41) is 0.620. The van der Waals surface area contributed by atoms with Crippen molar-refractivity contribution in [1.82, 2.24) is 15.0 Å². The Labute approximate surface area is 108 Å². The number of hydrogen-bond donors (Lipinski definition) is 1. The maximum atomic E-state index is 12.8. The van der Waals surface area contributed by atoms with Crippen LogP contribution in [0.3, 0.4) is 0 Å². The predicted molar refractivity (Wildman–Crippen MR) is 67.2 cm³/mol. The smallest absolute Gasteiger partial charge is 0.356 e. The van der Waals surface area contributed by atoms with Crippen molar-refractivity contribution < 1.29 is 13.2 Å². The fourth-order valence-electron chi connectivity index (χ4n) is 2.02. The van der Waals surface area contributed by atoms with Gasteiger partial charge in [0.1, 0.15) is 11.5 Å². The topological polar surface area (TPSA) is 44.8 Å². The van der Waals surface area contributed by atoms with E-state index in [-0.39, 0.29) is 5.65 Å². The number of rotatable bonds is 3. The Bertz CT molecular complexity index is 584. The van der Waals surface area contributed by atoms with Crippen molar-refractivity contribution in [3.8, 4) is 0 Å². The van der Waals surface area contributed by atoms with E-state index in [0.717, 1.165) is 5.69 Å². The molecule has 2 rings (SSSR count). The van der Waals surface area contributed by atoms with Crippen molar-refractivity contribution >= 4 is 16.9 Å². The van der Waals surface area contributed by atoms with Crippen molar-refractivity contribution in [3.05, 3.63) is 17.6 Å². The van der Waals surface area contributed by atoms with Crippen molar-refractivity contribution in [2.24, 2.45) is 0 Å². The summed E-state index contributed by atoms with van der Waals surface area (Å²) in [7, 11) is 0. The molecule has 2 heterocycles. The molecule has 0 saturated carbocycles. The molecule has 19 heavy (non-hydrogen) atoms. The molecular weight excluding hydrogens is 257 g/mol. The number of halogens is 3. The van der Waals surface area contributed by atoms with Gasteiger partial charge in [0, 0.05) is 18.8 Å². The van der Waals surface area contributed by atoms with E-state index >= 15 is 0 Å². The van der Waals surface area contributed by atoms with Crippen LogP contribution in [0.5, 0.6) is 0 Å². The number of nitrogens with zero attached hydrogens (tertiary/aromatic N) is 3. The molecule has 0 aliphatic carbocycles. The number of aromatic nitrogens is 3. The molecule has 0 fully saturated rings.